The van der Waals surface area contributed by atoms with Crippen LogP contribution in [0.4, 0.5) is 0 Å². The summed E-state index contributed by atoms with van der Waals surface area (Å²) < 4.78 is 32.2. The van der Waals surface area contributed by atoms with Gasteiger partial charge in [-0.15, -0.1) is 0 Å². The average molecular weight is 625 g/mol. The molecule has 3 atom stereocenters. The minimum Gasteiger partial charge on any atom is -0.462 e. The van der Waals surface area contributed by atoms with Crippen molar-refractivity contribution in [3.8, 4) is 0 Å². The molecule has 0 aromatic carbocycles. The summed E-state index contributed by atoms with van der Waals surface area (Å²) >= 11 is 0. The molecule has 0 saturated heterocycles. The Morgan fingerprint density at radius 1 is 0.619 bits per heavy atom. The second kappa shape index (κ2) is 28.7. The van der Waals surface area contributed by atoms with E-state index in [1.165, 1.54) is 70.6 Å². The van der Waals surface area contributed by atoms with Crippen LogP contribution in [0.15, 0.2) is 0 Å². The Bertz CT molecular complexity index is 691. The molecule has 10 nitrogen and oxygen atoms in total. The van der Waals surface area contributed by atoms with Gasteiger partial charge >= 0.3 is 19.8 Å². The van der Waals surface area contributed by atoms with Crippen molar-refractivity contribution in [2.24, 2.45) is 0 Å². The number of unbranched alkanes of at least 4 members (excludes halogenated alkanes) is 17. The molecule has 0 heterocycles. The first-order valence-electron chi connectivity index (χ1n) is 16.5. The fourth-order valence-corrected chi connectivity index (χ4v) is 5.19. The molecule has 0 rings (SSSR count). The highest BCUT2D eigenvalue weighted by Gasteiger charge is 2.27. The summed E-state index contributed by atoms with van der Waals surface area (Å²) in [5.74, 6) is -0.939. The predicted octanol–water partition coefficient (Wildman–Crippen LogP) is 7.16. The molecule has 0 spiro atoms. The van der Waals surface area contributed by atoms with E-state index in [1.807, 2.05) is 0 Å². The van der Waals surface area contributed by atoms with Crippen LogP contribution in [0.2, 0.25) is 0 Å². The topological polar surface area (TPSA) is 149 Å². The lowest BCUT2D eigenvalue weighted by Gasteiger charge is -2.20. The molecule has 42 heavy (non-hydrogen) atoms. The van der Waals surface area contributed by atoms with E-state index in [0.717, 1.165) is 38.5 Å². The quantitative estimate of drug-likeness (QED) is 0.0412. The van der Waals surface area contributed by atoms with Crippen molar-refractivity contribution >= 4 is 19.8 Å². The van der Waals surface area contributed by atoms with Crippen molar-refractivity contribution in [2.75, 3.05) is 26.4 Å². The van der Waals surface area contributed by atoms with Crippen molar-refractivity contribution in [1.82, 2.24) is 0 Å². The van der Waals surface area contributed by atoms with Gasteiger partial charge in [-0.3, -0.25) is 18.6 Å². The minimum absolute atomic E-state index is 0.190. The molecule has 0 aliphatic rings. The van der Waals surface area contributed by atoms with Gasteiger partial charge < -0.3 is 24.6 Å². The number of phosphoric acid groups is 1. The number of aliphatic hydroxyl groups is 2. The first-order chi connectivity index (χ1) is 20.2. The van der Waals surface area contributed by atoms with Gasteiger partial charge in [-0.1, -0.05) is 123 Å². The van der Waals surface area contributed by atoms with Crippen molar-refractivity contribution in [3.05, 3.63) is 0 Å². The zero-order valence-electron chi connectivity index (χ0n) is 26.5. The number of carbonyl (C=O) groups excluding carboxylic acids is 2. The van der Waals surface area contributed by atoms with Crippen molar-refractivity contribution in [1.29, 1.82) is 0 Å². The van der Waals surface area contributed by atoms with Crippen LogP contribution >= 0.6 is 7.82 Å². The molecule has 0 amide bonds. The van der Waals surface area contributed by atoms with Crippen LogP contribution in [-0.4, -0.2) is 65.7 Å². The molecule has 0 saturated carbocycles. The number of carbonyl (C=O) groups is 2. The van der Waals surface area contributed by atoms with E-state index in [0.29, 0.717) is 12.8 Å². The van der Waals surface area contributed by atoms with Crippen molar-refractivity contribution < 1.29 is 47.8 Å². The third kappa shape index (κ3) is 27.8. The minimum atomic E-state index is -4.59. The van der Waals surface area contributed by atoms with Crippen molar-refractivity contribution in [3.63, 3.8) is 0 Å². The molecular weight excluding hydrogens is 563 g/mol. The molecule has 3 unspecified atom stereocenters. The maximum absolute atomic E-state index is 12.4. The molecule has 0 bridgehead atoms. The van der Waals surface area contributed by atoms with E-state index >= 15 is 0 Å². The number of aliphatic hydroxyl groups excluding tert-OH is 2. The lowest BCUT2D eigenvalue weighted by atomic mass is 10.0. The Morgan fingerprint density at radius 3 is 1.50 bits per heavy atom. The summed E-state index contributed by atoms with van der Waals surface area (Å²) in [4.78, 5) is 34.3. The summed E-state index contributed by atoms with van der Waals surface area (Å²) in [6.45, 7) is 2.22. The first-order valence-corrected chi connectivity index (χ1v) is 18.0. The number of esters is 2. The second-order valence-electron chi connectivity index (χ2n) is 11.2. The van der Waals surface area contributed by atoms with Crippen LogP contribution in [0.1, 0.15) is 149 Å². The SMILES string of the molecule is CCCCCCCCCCCCCCCCCC(=O)OC(COC(=O)CCCCCC)COP(=O)(O)OCC(O)CO. The van der Waals surface area contributed by atoms with Gasteiger partial charge in [0.25, 0.3) is 0 Å². The molecule has 0 radical (unpaired) electrons. The van der Waals surface area contributed by atoms with Crippen LogP contribution in [0.3, 0.4) is 0 Å². The van der Waals surface area contributed by atoms with Crippen molar-refractivity contribution in [2.45, 2.75) is 161 Å². The molecule has 3 N–H and O–H groups in total. The van der Waals surface area contributed by atoms with Crippen LogP contribution in [0.5, 0.6) is 0 Å². The highest BCUT2D eigenvalue weighted by atomic mass is 31.2. The molecule has 11 heteroatoms. The van der Waals surface area contributed by atoms with E-state index in [9.17, 15) is 24.2 Å². The fourth-order valence-electron chi connectivity index (χ4n) is 4.40. The van der Waals surface area contributed by atoms with E-state index < -0.39 is 51.8 Å². The zero-order chi connectivity index (χ0) is 31.3. The van der Waals surface area contributed by atoms with Gasteiger partial charge in [-0.05, 0) is 12.8 Å². The molecule has 0 aromatic rings. The molecule has 0 fully saturated rings. The summed E-state index contributed by atoms with van der Waals surface area (Å²) in [6.07, 6.45) is 20.0. The normalized spacial score (nSPS) is 14.3. The second-order valence-corrected chi connectivity index (χ2v) is 12.7. The number of hydrogen-bond donors (Lipinski definition) is 3. The van der Waals surface area contributed by atoms with Gasteiger partial charge in [-0.2, -0.15) is 0 Å². The summed E-state index contributed by atoms with van der Waals surface area (Å²) in [6, 6.07) is 0. The summed E-state index contributed by atoms with van der Waals surface area (Å²) in [5.41, 5.74) is 0. The molecule has 250 valence electrons. The fraction of sp³-hybridized carbons (Fsp3) is 0.935. The monoisotopic (exact) mass is 624 g/mol. The largest absolute Gasteiger partial charge is 0.472 e. The Hall–Kier alpha value is -1.03. The maximum atomic E-state index is 12.4. The van der Waals surface area contributed by atoms with E-state index in [-0.39, 0.29) is 19.4 Å². The van der Waals surface area contributed by atoms with Crippen LogP contribution in [0, 0.1) is 0 Å². The van der Waals surface area contributed by atoms with Gasteiger partial charge in [0.1, 0.15) is 12.7 Å². The smallest absolute Gasteiger partial charge is 0.462 e. The lowest BCUT2D eigenvalue weighted by molar-refractivity contribution is -0.161. The van der Waals surface area contributed by atoms with Gasteiger partial charge in [-0.25, -0.2) is 4.57 Å². The highest BCUT2D eigenvalue weighted by molar-refractivity contribution is 7.47. The molecular formula is C31H61O10P. The number of rotatable bonds is 31. The Kier molecular flexibility index (Phi) is 28.0. The van der Waals surface area contributed by atoms with Crippen LogP contribution < -0.4 is 0 Å². The highest BCUT2D eigenvalue weighted by Crippen LogP contribution is 2.43. The number of ether oxygens (including phenoxy) is 2. The van der Waals surface area contributed by atoms with Crippen LogP contribution in [0.25, 0.3) is 0 Å². The maximum Gasteiger partial charge on any atom is 0.472 e. The Morgan fingerprint density at radius 2 is 1.02 bits per heavy atom. The number of hydrogen-bond acceptors (Lipinski definition) is 9. The van der Waals surface area contributed by atoms with E-state index in [4.69, 9.17) is 19.1 Å². The van der Waals surface area contributed by atoms with Gasteiger partial charge in [0, 0.05) is 12.8 Å². The Labute approximate surface area is 254 Å². The van der Waals surface area contributed by atoms with Crippen LogP contribution in [-0.2, 0) is 32.7 Å². The zero-order valence-corrected chi connectivity index (χ0v) is 27.4. The molecule has 0 aliphatic carbocycles. The summed E-state index contributed by atoms with van der Waals surface area (Å²) in [5, 5.41) is 18.1. The van der Waals surface area contributed by atoms with Gasteiger partial charge in [0.05, 0.1) is 19.8 Å². The predicted molar refractivity (Wildman–Crippen MR) is 164 cm³/mol. The average Bonchev–Trinajstić information content (AvgIpc) is 2.97. The molecule has 0 aromatic heterocycles. The summed E-state index contributed by atoms with van der Waals surface area (Å²) in [7, 11) is -4.59. The van der Waals surface area contributed by atoms with E-state index in [1.54, 1.807) is 0 Å². The number of phosphoric ester groups is 1. The van der Waals surface area contributed by atoms with Gasteiger partial charge in [0.15, 0.2) is 6.10 Å². The third-order valence-corrected chi connectivity index (χ3v) is 7.96. The Balaban J connectivity index is 4.25. The standard InChI is InChI=1S/C31H61O10P/c1-3-5-7-9-10-11-12-13-14-15-16-17-18-19-21-23-31(35)41-29(26-38-30(34)22-20-8-6-4-2)27-40-42(36,37)39-25-28(33)24-32/h28-29,32-33H,3-27H2,1-2H3,(H,36,37). The lowest BCUT2D eigenvalue weighted by Crippen LogP contribution is -2.29. The molecule has 0 aliphatic heterocycles. The first kappa shape index (κ1) is 41.0. The van der Waals surface area contributed by atoms with Gasteiger partial charge in [0.2, 0.25) is 0 Å². The third-order valence-electron chi connectivity index (χ3n) is 7.01. The van der Waals surface area contributed by atoms with E-state index in [2.05, 4.69) is 18.4 Å².